The Labute approximate surface area is 149 Å². The van der Waals surface area contributed by atoms with Crippen LogP contribution >= 0.6 is 0 Å². The van der Waals surface area contributed by atoms with E-state index in [2.05, 4.69) is 23.6 Å². The maximum Gasteiger partial charge on any atom is 0.223 e. The lowest BCUT2D eigenvalue weighted by Gasteiger charge is -2.38. The van der Waals surface area contributed by atoms with Crippen LogP contribution in [0.3, 0.4) is 0 Å². The first-order valence-electron chi connectivity index (χ1n) is 9.17. The van der Waals surface area contributed by atoms with Gasteiger partial charge in [-0.1, -0.05) is 0 Å². The molecular weight excluding hydrogens is 321 g/mol. The van der Waals surface area contributed by atoms with Crippen molar-refractivity contribution >= 4 is 11.6 Å². The summed E-state index contributed by atoms with van der Waals surface area (Å²) in [5.74, 6) is 0.00863. The van der Waals surface area contributed by atoms with E-state index in [0.717, 1.165) is 51.6 Å². The lowest BCUT2D eigenvalue weighted by Crippen LogP contribution is -2.51. The van der Waals surface area contributed by atoms with Crippen molar-refractivity contribution in [3.8, 4) is 0 Å². The van der Waals surface area contributed by atoms with E-state index in [1.54, 1.807) is 12.1 Å². The average molecular weight is 349 g/mol. The van der Waals surface area contributed by atoms with Gasteiger partial charge in [0.1, 0.15) is 5.82 Å². The van der Waals surface area contributed by atoms with Crippen LogP contribution < -0.4 is 4.90 Å². The standard InChI is InChI=1S/C19H28FN3O2/c1-15-14-25-16(2)13-23(15)8-7-19(24)22-11-9-21(10-12-22)18-5-3-17(20)4-6-18/h3-6,15-16H,7-14H2,1-2H3. The Hall–Kier alpha value is -1.66. The highest BCUT2D eigenvalue weighted by Gasteiger charge is 2.26. The molecule has 6 heteroatoms. The van der Waals surface area contributed by atoms with Crippen molar-refractivity contribution in [1.82, 2.24) is 9.80 Å². The highest BCUT2D eigenvalue weighted by atomic mass is 19.1. The van der Waals surface area contributed by atoms with Gasteiger partial charge >= 0.3 is 0 Å². The van der Waals surface area contributed by atoms with Crippen LogP contribution in [0.2, 0.25) is 0 Å². The van der Waals surface area contributed by atoms with Crippen LogP contribution in [-0.4, -0.2) is 73.7 Å². The van der Waals surface area contributed by atoms with E-state index in [1.807, 2.05) is 4.90 Å². The second-order valence-electron chi connectivity index (χ2n) is 7.08. The van der Waals surface area contributed by atoms with E-state index in [4.69, 9.17) is 4.74 Å². The fraction of sp³-hybridized carbons (Fsp3) is 0.632. The molecule has 1 amide bonds. The van der Waals surface area contributed by atoms with Crippen molar-refractivity contribution in [2.45, 2.75) is 32.4 Å². The van der Waals surface area contributed by atoms with Gasteiger partial charge in [0.2, 0.25) is 5.91 Å². The molecular formula is C19H28FN3O2. The molecule has 2 unspecified atom stereocenters. The summed E-state index contributed by atoms with van der Waals surface area (Å²) in [5, 5.41) is 0. The molecule has 138 valence electrons. The Bertz CT molecular complexity index is 573. The summed E-state index contributed by atoms with van der Waals surface area (Å²) in [7, 11) is 0. The van der Waals surface area contributed by atoms with Crippen molar-refractivity contribution in [3.63, 3.8) is 0 Å². The third-order valence-corrected chi connectivity index (χ3v) is 5.17. The molecule has 3 rings (SSSR count). The summed E-state index contributed by atoms with van der Waals surface area (Å²) in [5.41, 5.74) is 1.02. The Morgan fingerprint density at radius 1 is 1.16 bits per heavy atom. The number of hydrogen-bond acceptors (Lipinski definition) is 4. The van der Waals surface area contributed by atoms with Gasteiger partial charge < -0.3 is 14.5 Å². The molecule has 25 heavy (non-hydrogen) atoms. The van der Waals surface area contributed by atoms with Crippen molar-refractivity contribution < 1.29 is 13.9 Å². The van der Waals surface area contributed by atoms with Gasteiger partial charge in [0.25, 0.3) is 0 Å². The number of ether oxygens (including phenoxy) is 1. The minimum Gasteiger partial charge on any atom is -0.376 e. The molecule has 2 aliphatic heterocycles. The smallest absolute Gasteiger partial charge is 0.223 e. The number of rotatable bonds is 4. The van der Waals surface area contributed by atoms with Crippen molar-refractivity contribution in [3.05, 3.63) is 30.1 Å². The van der Waals surface area contributed by atoms with Gasteiger partial charge in [-0.05, 0) is 38.1 Å². The van der Waals surface area contributed by atoms with E-state index in [-0.39, 0.29) is 17.8 Å². The second-order valence-corrected chi connectivity index (χ2v) is 7.08. The summed E-state index contributed by atoms with van der Waals surface area (Å²) in [4.78, 5) is 19.0. The summed E-state index contributed by atoms with van der Waals surface area (Å²) < 4.78 is 18.7. The highest BCUT2D eigenvalue weighted by Crippen LogP contribution is 2.18. The maximum absolute atomic E-state index is 13.0. The topological polar surface area (TPSA) is 36.0 Å². The van der Waals surface area contributed by atoms with Crippen LogP contribution in [0, 0.1) is 5.82 Å². The van der Waals surface area contributed by atoms with Gasteiger partial charge in [0.15, 0.2) is 0 Å². The van der Waals surface area contributed by atoms with Gasteiger partial charge in [0.05, 0.1) is 12.7 Å². The van der Waals surface area contributed by atoms with Crippen LogP contribution in [-0.2, 0) is 9.53 Å². The highest BCUT2D eigenvalue weighted by molar-refractivity contribution is 5.76. The monoisotopic (exact) mass is 349 g/mol. The van der Waals surface area contributed by atoms with Crippen LogP contribution in [0.15, 0.2) is 24.3 Å². The van der Waals surface area contributed by atoms with E-state index in [9.17, 15) is 9.18 Å². The second kappa shape index (κ2) is 8.15. The van der Waals surface area contributed by atoms with Gasteiger partial charge in [-0.2, -0.15) is 0 Å². The molecule has 0 N–H and O–H groups in total. The minimum atomic E-state index is -0.218. The molecule has 2 atom stereocenters. The molecule has 2 fully saturated rings. The fourth-order valence-electron chi connectivity index (χ4n) is 3.55. The number of amides is 1. The number of anilines is 1. The molecule has 0 aromatic heterocycles. The van der Waals surface area contributed by atoms with Crippen molar-refractivity contribution in [2.24, 2.45) is 0 Å². The number of benzene rings is 1. The summed E-state index contributed by atoms with van der Waals surface area (Å²) in [6.45, 7) is 9.71. The lowest BCUT2D eigenvalue weighted by molar-refractivity contribution is -0.132. The normalized spacial score (nSPS) is 25.2. The predicted molar refractivity (Wildman–Crippen MR) is 96.3 cm³/mol. The maximum atomic E-state index is 13.0. The molecule has 2 heterocycles. The minimum absolute atomic E-state index is 0.218. The molecule has 1 aromatic carbocycles. The van der Waals surface area contributed by atoms with Crippen molar-refractivity contribution in [2.75, 3.05) is 50.8 Å². The molecule has 0 spiro atoms. The number of piperazine rings is 1. The SMILES string of the molecule is CC1CN(CCC(=O)N2CCN(c3ccc(F)cc3)CC2)C(C)CO1. The molecule has 0 aliphatic carbocycles. The molecule has 5 nitrogen and oxygen atoms in total. The molecule has 2 aliphatic rings. The van der Waals surface area contributed by atoms with Crippen LogP contribution in [0.5, 0.6) is 0 Å². The summed E-state index contributed by atoms with van der Waals surface area (Å²) in [6.07, 6.45) is 0.804. The quantitative estimate of drug-likeness (QED) is 0.833. The number of hydrogen-bond donors (Lipinski definition) is 0. The number of carbonyl (C=O) groups excluding carboxylic acids is 1. The van der Waals surface area contributed by atoms with Gasteiger partial charge in [-0.25, -0.2) is 4.39 Å². The Morgan fingerprint density at radius 2 is 1.84 bits per heavy atom. The largest absolute Gasteiger partial charge is 0.376 e. The Balaban J connectivity index is 1.44. The Morgan fingerprint density at radius 3 is 2.52 bits per heavy atom. The van der Waals surface area contributed by atoms with Gasteiger partial charge in [-0.3, -0.25) is 9.69 Å². The zero-order valence-corrected chi connectivity index (χ0v) is 15.2. The summed E-state index contributed by atoms with van der Waals surface area (Å²) >= 11 is 0. The first-order chi connectivity index (χ1) is 12.0. The Kier molecular flexibility index (Phi) is 5.91. The third kappa shape index (κ3) is 4.70. The van der Waals surface area contributed by atoms with Crippen molar-refractivity contribution in [1.29, 1.82) is 0 Å². The third-order valence-electron chi connectivity index (χ3n) is 5.17. The fourth-order valence-corrected chi connectivity index (χ4v) is 3.55. The number of halogens is 1. The van der Waals surface area contributed by atoms with E-state index >= 15 is 0 Å². The molecule has 0 bridgehead atoms. The first kappa shape index (κ1) is 18.1. The van der Waals surface area contributed by atoms with Crippen LogP contribution in [0.25, 0.3) is 0 Å². The predicted octanol–water partition coefficient (Wildman–Crippen LogP) is 1.97. The number of carbonyl (C=O) groups is 1. The number of nitrogens with zero attached hydrogens (tertiary/aromatic N) is 3. The zero-order valence-electron chi connectivity index (χ0n) is 15.2. The number of morpholine rings is 1. The zero-order chi connectivity index (χ0) is 17.8. The average Bonchev–Trinajstić information content (AvgIpc) is 2.63. The van der Waals surface area contributed by atoms with E-state index < -0.39 is 0 Å². The van der Waals surface area contributed by atoms with Crippen LogP contribution in [0.4, 0.5) is 10.1 Å². The molecule has 2 saturated heterocycles. The van der Waals surface area contributed by atoms with E-state index in [0.29, 0.717) is 12.5 Å². The van der Waals surface area contributed by atoms with Gasteiger partial charge in [0, 0.05) is 57.4 Å². The van der Waals surface area contributed by atoms with E-state index in [1.165, 1.54) is 12.1 Å². The lowest BCUT2D eigenvalue weighted by atomic mass is 10.2. The first-order valence-corrected chi connectivity index (χ1v) is 9.17. The van der Waals surface area contributed by atoms with Crippen LogP contribution in [0.1, 0.15) is 20.3 Å². The summed E-state index contributed by atoms with van der Waals surface area (Å²) in [6, 6.07) is 6.94. The molecule has 0 saturated carbocycles. The van der Waals surface area contributed by atoms with Gasteiger partial charge in [-0.15, -0.1) is 0 Å². The molecule has 0 radical (unpaired) electrons. The molecule has 1 aromatic rings.